The zero-order chi connectivity index (χ0) is 13.9. The molecule has 0 saturated carbocycles. The number of aromatic nitrogens is 2. The van der Waals surface area contributed by atoms with Crippen molar-refractivity contribution in [2.24, 2.45) is 11.3 Å². The molecule has 0 aliphatic carbocycles. The fourth-order valence-electron chi connectivity index (χ4n) is 1.52. The summed E-state index contributed by atoms with van der Waals surface area (Å²) < 4.78 is 1.62. The van der Waals surface area contributed by atoms with Crippen molar-refractivity contribution in [3.05, 3.63) is 11.9 Å². The van der Waals surface area contributed by atoms with Crippen molar-refractivity contribution >= 4 is 11.6 Å². The van der Waals surface area contributed by atoms with Gasteiger partial charge in [0.1, 0.15) is 5.69 Å². The van der Waals surface area contributed by atoms with Gasteiger partial charge in [-0.05, 0) is 18.3 Å². The van der Waals surface area contributed by atoms with Crippen LogP contribution in [0.1, 0.15) is 45.1 Å². The van der Waals surface area contributed by atoms with Gasteiger partial charge < -0.3 is 11.1 Å². The molecule has 1 unspecified atom stereocenters. The number of nitrogens with one attached hydrogen (secondary N) is 1. The first-order valence-electron chi connectivity index (χ1n) is 6.36. The number of hydrogen-bond donors (Lipinski definition) is 2. The van der Waals surface area contributed by atoms with Crippen molar-refractivity contribution in [3.63, 3.8) is 0 Å². The number of hydrogen-bond acceptors (Lipinski definition) is 3. The maximum atomic E-state index is 12.1. The molecule has 0 spiro atoms. The van der Waals surface area contributed by atoms with E-state index in [9.17, 15) is 4.79 Å². The summed E-state index contributed by atoms with van der Waals surface area (Å²) >= 11 is 0. The van der Waals surface area contributed by atoms with E-state index in [2.05, 4.69) is 38.1 Å². The van der Waals surface area contributed by atoms with Gasteiger partial charge >= 0.3 is 0 Å². The van der Waals surface area contributed by atoms with Gasteiger partial charge in [-0.3, -0.25) is 9.48 Å². The molecule has 1 atom stereocenters. The molecule has 0 aromatic carbocycles. The molecular formula is C13H24N4O. The Morgan fingerprint density at radius 1 is 1.56 bits per heavy atom. The van der Waals surface area contributed by atoms with E-state index in [4.69, 9.17) is 5.73 Å². The third-order valence-corrected chi connectivity index (χ3v) is 3.43. The Hall–Kier alpha value is -1.52. The summed E-state index contributed by atoms with van der Waals surface area (Å²) in [5.74, 6) is 0.239. The Labute approximate surface area is 109 Å². The molecule has 5 nitrogen and oxygen atoms in total. The van der Waals surface area contributed by atoms with Gasteiger partial charge in [0.2, 0.25) is 0 Å². The summed E-state index contributed by atoms with van der Waals surface area (Å²) in [6.07, 6.45) is 1.52. The van der Waals surface area contributed by atoms with Crippen LogP contribution in [0.25, 0.3) is 0 Å². The summed E-state index contributed by atoms with van der Waals surface area (Å²) in [5, 5.41) is 6.99. The Kier molecular flexibility index (Phi) is 4.38. The van der Waals surface area contributed by atoms with Crippen LogP contribution in [0, 0.1) is 11.3 Å². The lowest BCUT2D eigenvalue weighted by molar-refractivity contribution is 0.0927. The number of nitrogens with two attached hydrogens (primary N) is 1. The van der Waals surface area contributed by atoms with Crippen LogP contribution in [0.4, 0.5) is 5.69 Å². The van der Waals surface area contributed by atoms with Gasteiger partial charge in [-0.15, -0.1) is 0 Å². The van der Waals surface area contributed by atoms with Crippen molar-refractivity contribution in [3.8, 4) is 0 Å². The van der Waals surface area contributed by atoms with E-state index in [0.29, 0.717) is 30.4 Å². The lowest BCUT2D eigenvalue weighted by Crippen LogP contribution is -2.35. The second kappa shape index (κ2) is 5.42. The predicted molar refractivity (Wildman–Crippen MR) is 73.3 cm³/mol. The highest BCUT2D eigenvalue weighted by atomic mass is 16.2. The predicted octanol–water partition coefficient (Wildman–Crippen LogP) is 1.90. The third-order valence-electron chi connectivity index (χ3n) is 3.43. The van der Waals surface area contributed by atoms with E-state index >= 15 is 0 Å². The quantitative estimate of drug-likeness (QED) is 0.859. The SMILES string of the molecule is CCn1ncc(N)c1C(=O)NCC(C)C(C)(C)C. The van der Waals surface area contributed by atoms with Gasteiger partial charge in [0.25, 0.3) is 5.91 Å². The van der Waals surface area contributed by atoms with Gasteiger partial charge in [0.15, 0.2) is 0 Å². The van der Waals surface area contributed by atoms with Crippen molar-refractivity contribution in [2.75, 3.05) is 12.3 Å². The highest BCUT2D eigenvalue weighted by molar-refractivity contribution is 5.97. The Morgan fingerprint density at radius 3 is 2.67 bits per heavy atom. The van der Waals surface area contributed by atoms with E-state index in [1.807, 2.05) is 6.92 Å². The monoisotopic (exact) mass is 252 g/mol. The topological polar surface area (TPSA) is 72.9 Å². The second-order valence-corrected chi connectivity index (χ2v) is 5.74. The van der Waals surface area contributed by atoms with E-state index in [0.717, 1.165) is 0 Å². The smallest absolute Gasteiger partial charge is 0.271 e. The maximum absolute atomic E-state index is 12.1. The molecule has 1 aromatic rings. The highest BCUT2D eigenvalue weighted by Crippen LogP contribution is 2.24. The number of anilines is 1. The van der Waals surface area contributed by atoms with Crippen LogP contribution in [-0.2, 0) is 6.54 Å². The summed E-state index contributed by atoms with van der Waals surface area (Å²) in [6.45, 7) is 11.8. The van der Waals surface area contributed by atoms with Crippen molar-refractivity contribution in [1.82, 2.24) is 15.1 Å². The molecule has 1 aromatic heterocycles. The van der Waals surface area contributed by atoms with E-state index in [1.165, 1.54) is 6.20 Å². The normalized spacial score (nSPS) is 13.4. The molecule has 1 amide bonds. The molecule has 0 bridgehead atoms. The van der Waals surface area contributed by atoms with E-state index in [-0.39, 0.29) is 11.3 Å². The number of amides is 1. The molecule has 0 radical (unpaired) electrons. The molecule has 1 heterocycles. The molecular weight excluding hydrogens is 228 g/mol. The first kappa shape index (κ1) is 14.5. The Balaban J connectivity index is 2.69. The lowest BCUT2D eigenvalue weighted by Gasteiger charge is -2.27. The second-order valence-electron chi connectivity index (χ2n) is 5.74. The molecule has 0 fully saturated rings. The Bertz CT molecular complexity index is 417. The minimum atomic E-state index is -0.150. The van der Waals surface area contributed by atoms with Gasteiger partial charge in [-0.25, -0.2) is 0 Å². The standard InChI is InChI=1S/C13H24N4O/c1-6-17-11(10(14)8-16-17)12(18)15-7-9(2)13(3,4)5/h8-9H,6-7,14H2,1-5H3,(H,15,18). The van der Waals surface area contributed by atoms with Gasteiger partial charge in [-0.2, -0.15) is 5.10 Å². The lowest BCUT2D eigenvalue weighted by atomic mass is 9.82. The average Bonchev–Trinajstić information content (AvgIpc) is 2.65. The summed E-state index contributed by atoms with van der Waals surface area (Å²) in [7, 11) is 0. The van der Waals surface area contributed by atoms with Crippen molar-refractivity contribution in [2.45, 2.75) is 41.2 Å². The van der Waals surface area contributed by atoms with Crippen LogP contribution < -0.4 is 11.1 Å². The summed E-state index contributed by atoms with van der Waals surface area (Å²) in [6, 6.07) is 0. The number of nitrogens with zero attached hydrogens (tertiary/aromatic N) is 2. The number of nitrogen functional groups attached to an aromatic ring is 1. The first-order chi connectivity index (χ1) is 8.27. The van der Waals surface area contributed by atoms with Crippen LogP contribution in [0.5, 0.6) is 0 Å². The summed E-state index contributed by atoms with van der Waals surface area (Å²) in [5.41, 5.74) is 6.82. The zero-order valence-corrected chi connectivity index (χ0v) is 11.9. The maximum Gasteiger partial charge on any atom is 0.271 e. The largest absolute Gasteiger partial charge is 0.396 e. The molecule has 0 saturated heterocycles. The molecule has 0 aliphatic heterocycles. The summed E-state index contributed by atoms with van der Waals surface area (Å²) in [4.78, 5) is 12.1. The number of carbonyl (C=O) groups excluding carboxylic acids is 1. The molecule has 102 valence electrons. The van der Waals surface area contributed by atoms with Crippen LogP contribution in [-0.4, -0.2) is 22.2 Å². The first-order valence-corrected chi connectivity index (χ1v) is 6.36. The third kappa shape index (κ3) is 3.24. The fraction of sp³-hybridized carbons (Fsp3) is 0.692. The van der Waals surface area contributed by atoms with Gasteiger partial charge in [0.05, 0.1) is 11.9 Å². The van der Waals surface area contributed by atoms with E-state index < -0.39 is 0 Å². The number of rotatable bonds is 4. The average molecular weight is 252 g/mol. The van der Waals surface area contributed by atoms with Crippen molar-refractivity contribution < 1.29 is 4.79 Å². The molecule has 18 heavy (non-hydrogen) atoms. The Morgan fingerprint density at radius 2 is 2.17 bits per heavy atom. The van der Waals surface area contributed by atoms with Gasteiger partial charge in [-0.1, -0.05) is 27.7 Å². The minimum Gasteiger partial charge on any atom is -0.396 e. The molecule has 0 aliphatic rings. The molecule has 1 rings (SSSR count). The number of aryl methyl sites for hydroxylation is 1. The molecule has 3 N–H and O–H groups in total. The minimum absolute atomic E-state index is 0.150. The van der Waals surface area contributed by atoms with Crippen LogP contribution in [0.2, 0.25) is 0 Å². The zero-order valence-electron chi connectivity index (χ0n) is 11.9. The van der Waals surface area contributed by atoms with Crippen molar-refractivity contribution in [1.29, 1.82) is 0 Å². The number of carbonyl (C=O) groups is 1. The van der Waals surface area contributed by atoms with Crippen LogP contribution in [0.3, 0.4) is 0 Å². The van der Waals surface area contributed by atoms with Crippen LogP contribution in [0.15, 0.2) is 6.20 Å². The van der Waals surface area contributed by atoms with Gasteiger partial charge in [0, 0.05) is 13.1 Å². The molecule has 5 heteroatoms. The highest BCUT2D eigenvalue weighted by Gasteiger charge is 2.22. The fourth-order valence-corrected chi connectivity index (χ4v) is 1.52. The van der Waals surface area contributed by atoms with E-state index in [1.54, 1.807) is 4.68 Å². The van der Waals surface area contributed by atoms with Crippen LogP contribution >= 0.6 is 0 Å².